The van der Waals surface area contributed by atoms with Crippen molar-refractivity contribution >= 4 is 18.0 Å². The number of aliphatic carboxylic acids is 1. The molecule has 35 heavy (non-hydrogen) atoms. The molecule has 0 aliphatic heterocycles. The third kappa shape index (κ3) is 5.17. The monoisotopic (exact) mass is 478 g/mol. The van der Waals surface area contributed by atoms with E-state index in [1.807, 2.05) is 48.5 Å². The predicted molar refractivity (Wildman–Crippen MR) is 125 cm³/mol. The molecule has 4 N–H and O–H groups in total. The number of aryl methyl sites for hydroxylation is 1. The zero-order chi connectivity index (χ0) is 24.9. The maximum absolute atomic E-state index is 12.9. The van der Waals surface area contributed by atoms with Crippen LogP contribution in [0.5, 0.6) is 0 Å². The number of fused-ring (bicyclic) bond motifs is 3. The van der Waals surface area contributed by atoms with E-state index in [1.54, 1.807) is 7.05 Å². The minimum Gasteiger partial charge on any atom is -0.480 e. The zero-order valence-corrected chi connectivity index (χ0v) is 19.0. The van der Waals surface area contributed by atoms with Gasteiger partial charge < -0.3 is 25.6 Å². The number of nitrogens with one attached hydrogen (secondary N) is 2. The van der Waals surface area contributed by atoms with Gasteiger partial charge in [0, 0.05) is 37.8 Å². The molecule has 3 aromatic rings. The second-order valence-corrected chi connectivity index (χ2v) is 8.26. The van der Waals surface area contributed by atoms with Gasteiger partial charge in [-0.15, -0.1) is 0 Å². The number of benzene rings is 2. The summed E-state index contributed by atoms with van der Waals surface area (Å²) in [5.41, 5.74) is 4.64. The lowest BCUT2D eigenvalue weighted by Crippen LogP contribution is -2.47. The van der Waals surface area contributed by atoms with Crippen molar-refractivity contribution in [2.24, 2.45) is 7.05 Å². The van der Waals surface area contributed by atoms with Crippen molar-refractivity contribution in [2.45, 2.75) is 24.4 Å². The predicted octanol–water partition coefficient (Wildman–Crippen LogP) is 1.95. The van der Waals surface area contributed by atoms with Crippen LogP contribution < -0.4 is 10.6 Å². The number of nitrogens with zero attached hydrogens (tertiary/aromatic N) is 2. The maximum Gasteiger partial charge on any atom is 0.408 e. The van der Waals surface area contributed by atoms with Gasteiger partial charge >= 0.3 is 12.1 Å². The Morgan fingerprint density at radius 1 is 1.06 bits per heavy atom. The largest absolute Gasteiger partial charge is 0.480 e. The van der Waals surface area contributed by atoms with Crippen molar-refractivity contribution in [1.82, 2.24) is 20.4 Å². The summed E-state index contributed by atoms with van der Waals surface area (Å²) in [6, 6.07) is 13.3. The summed E-state index contributed by atoms with van der Waals surface area (Å²) in [5.74, 6) is -2.20. The molecule has 1 unspecified atom stereocenters. The van der Waals surface area contributed by atoms with Crippen LogP contribution in [0.15, 0.2) is 60.9 Å². The number of aliphatic hydroxyl groups is 1. The second kappa shape index (κ2) is 10.4. The van der Waals surface area contributed by atoms with Gasteiger partial charge in [-0.25, -0.2) is 9.59 Å². The van der Waals surface area contributed by atoms with Gasteiger partial charge in [0.15, 0.2) is 0 Å². The number of carboxylic acid groups (broad SMARTS) is 1. The Morgan fingerprint density at radius 3 is 2.23 bits per heavy atom. The van der Waals surface area contributed by atoms with Crippen LogP contribution in [0.4, 0.5) is 4.79 Å². The Labute approximate surface area is 201 Å². The molecule has 1 aliphatic carbocycles. The van der Waals surface area contributed by atoms with Crippen molar-refractivity contribution in [3.63, 3.8) is 0 Å². The van der Waals surface area contributed by atoms with Crippen LogP contribution in [0.25, 0.3) is 11.1 Å². The van der Waals surface area contributed by atoms with Gasteiger partial charge in [0.2, 0.25) is 5.91 Å². The summed E-state index contributed by atoms with van der Waals surface area (Å²) in [4.78, 5) is 37.1. The van der Waals surface area contributed by atoms with Crippen molar-refractivity contribution in [3.8, 4) is 11.1 Å². The first-order valence-electron chi connectivity index (χ1n) is 11.1. The first-order chi connectivity index (χ1) is 16.9. The number of alkyl carbamates (subject to hydrolysis) is 1. The van der Waals surface area contributed by atoms with E-state index >= 15 is 0 Å². The van der Waals surface area contributed by atoms with Crippen LogP contribution in [-0.4, -0.2) is 57.2 Å². The van der Waals surface area contributed by atoms with Crippen molar-refractivity contribution < 1.29 is 29.3 Å². The molecule has 0 saturated carbocycles. The third-order valence-corrected chi connectivity index (χ3v) is 5.96. The number of carbonyl (C=O) groups excluding carboxylic acids is 2. The fraction of sp³-hybridized carbons (Fsp3) is 0.280. The molecule has 0 bridgehead atoms. The Balaban J connectivity index is 1.48. The van der Waals surface area contributed by atoms with Gasteiger partial charge in [0.25, 0.3) is 0 Å². The van der Waals surface area contributed by atoms with E-state index in [1.165, 1.54) is 17.1 Å². The minimum absolute atomic E-state index is 0.0590. The number of ether oxygens (including phenoxy) is 1. The van der Waals surface area contributed by atoms with Crippen LogP contribution in [0, 0.1) is 0 Å². The lowest BCUT2D eigenvalue weighted by atomic mass is 9.98. The fourth-order valence-electron chi connectivity index (χ4n) is 4.29. The molecule has 1 heterocycles. The molecule has 0 fully saturated rings. The van der Waals surface area contributed by atoms with E-state index in [-0.39, 0.29) is 18.9 Å². The Kier molecular flexibility index (Phi) is 7.11. The van der Waals surface area contributed by atoms with Gasteiger partial charge in [-0.3, -0.25) is 9.48 Å². The zero-order valence-electron chi connectivity index (χ0n) is 19.0. The van der Waals surface area contributed by atoms with Crippen LogP contribution in [0.3, 0.4) is 0 Å². The molecule has 2 atom stereocenters. The lowest BCUT2D eigenvalue weighted by molar-refractivity contribution is -0.142. The molecule has 1 aromatic heterocycles. The smallest absolute Gasteiger partial charge is 0.408 e. The summed E-state index contributed by atoms with van der Waals surface area (Å²) in [6.07, 6.45) is 1.93. The molecule has 0 spiro atoms. The summed E-state index contributed by atoms with van der Waals surface area (Å²) in [7, 11) is 1.65. The molecule has 0 saturated heterocycles. The molecule has 10 nitrogen and oxygen atoms in total. The van der Waals surface area contributed by atoms with Crippen molar-refractivity contribution in [3.05, 3.63) is 77.6 Å². The van der Waals surface area contributed by atoms with Crippen LogP contribution in [0.1, 0.15) is 35.1 Å². The van der Waals surface area contributed by atoms with Gasteiger partial charge in [0.1, 0.15) is 18.7 Å². The number of amides is 2. The summed E-state index contributed by atoms with van der Waals surface area (Å²) in [5, 5.41) is 27.3. The summed E-state index contributed by atoms with van der Waals surface area (Å²) in [6.45, 7) is -0.363. The average Bonchev–Trinajstić information content (AvgIpc) is 3.42. The molecular formula is C25H26N4O6. The average molecular weight is 479 g/mol. The molecule has 4 rings (SSSR count). The number of aliphatic hydroxyl groups excluding tert-OH is 1. The van der Waals surface area contributed by atoms with Gasteiger partial charge in [-0.05, 0) is 22.3 Å². The molecule has 0 radical (unpaired) electrons. The highest BCUT2D eigenvalue weighted by Gasteiger charge is 2.31. The van der Waals surface area contributed by atoms with E-state index in [0.717, 1.165) is 22.3 Å². The second-order valence-electron chi connectivity index (χ2n) is 8.26. The molecule has 2 aromatic carbocycles. The standard InChI is InChI=1S/C25H26N4O6/c1-29-13-15(12-26-29)22(23(31)27-21(10-11-30)24(32)33)28-25(34)35-14-20-18-8-4-2-6-16(18)17-7-3-5-9-19(17)20/h2-9,12-13,20-22,30H,10-11,14H2,1H3,(H,27,31)(H,28,34)(H,32,33)/t21-,22?/m0/s1. The van der Waals surface area contributed by atoms with E-state index < -0.39 is 36.7 Å². The van der Waals surface area contributed by atoms with E-state index in [4.69, 9.17) is 9.84 Å². The third-order valence-electron chi connectivity index (χ3n) is 5.96. The van der Waals surface area contributed by atoms with Crippen LogP contribution in [0.2, 0.25) is 0 Å². The highest BCUT2D eigenvalue weighted by Crippen LogP contribution is 2.44. The van der Waals surface area contributed by atoms with Crippen LogP contribution >= 0.6 is 0 Å². The molecular weight excluding hydrogens is 452 g/mol. The molecule has 1 aliphatic rings. The van der Waals surface area contributed by atoms with Crippen molar-refractivity contribution in [1.29, 1.82) is 0 Å². The number of rotatable bonds is 9. The Bertz CT molecular complexity index is 1190. The minimum atomic E-state index is -1.31. The maximum atomic E-state index is 12.9. The Hall–Kier alpha value is -4.18. The molecule has 10 heteroatoms. The van der Waals surface area contributed by atoms with E-state index in [2.05, 4.69) is 15.7 Å². The van der Waals surface area contributed by atoms with E-state index in [9.17, 15) is 19.5 Å². The normalized spacial score (nSPS) is 13.9. The number of hydrogen-bond acceptors (Lipinski definition) is 6. The van der Waals surface area contributed by atoms with Gasteiger partial charge in [-0.2, -0.15) is 5.10 Å². The van der Waals surface area contributed by atoms with Crippen LogP contribution in [-0.2, 0) is 21.4 Å². The quantitative estimate of drug-likeness (QED) is 0.368. The van der Waals surface area contributed by atoms with E-state index in [0.29, 0.717) is 5.56 Å². The SMILES string of the molecule is Cn1cc(C(NC(=O)OCC2c3ccccc3-c3ccccc32)C(=O)N[C@@H](CCO)C(=O)O)cn1. The first-order valence-corrected chi connectivity index (χ1v) is 11.1. The molecule has 182 valence electrons. The summed E-state index contributed by atoms with van der Waals surface area (Å²) < 4.78 is 6.99. The lowest BCUT2D eigenvalue weighted by Gasteiger charge is -2.21. The molecule has 2 amide bonds. The highest BCUT2D eigenvalue weighted by molar-refractivity contribution is 5.90. The number of carboxylic acids is 1. The first kappa shape index (κ1) is 24.0. The van der Waals surface area contributed by atoms with Crippen molar-refractivity contribution in [2.75, 3.05) is 13.2 Å². The number of carbonyl (C=O) groups is 3. The number of aromatic nitrogens is 2. The van der Waals surface area contributed by atoms with Gasteiger partial charge in [-0.1, -0.05) is 48.5 Å². The summed E-state index contributed by atoms with van der Waals surface area (Å²) >= 11 is 0. The van der Waals surface area contributed by atoms with Gasteiger partial charge in [0.05, 0.1) is 6.20 Å². The Morgan fingerprint density at radius 2 is 1.69 bits per heavy atom. The number of hydrogen-bond donors (Lipinski definition) is 4. The fourth-order valence-corrected chi connectivity index (χ4v) is 4.29. The topological polar surface area (TPSA) is 143 Å². The highest BCUT2D eigenvalue weighted by atomic mass is 16.5.